The SMILES string of the molecule is CN(c1cnnc(Nc2ccccc2C(C)(C)C)n1)C1CCS(=O)(=O)C1. The van der Waals surface area contributed by atoms with E-state index >= 15 is 0 Å². The highest BCUT2D eigenvalue weighted by Crippen LogP contribution is 2.30. The van der Waals surface area contributed by atoms with Gasteiger partial charge in [0.2, 0.25) is 5.95 Å². The number of para-hydroxylation sites is 1. The Morgan fingerprint density at radius 1 is 1.23 bits per heavy atom. The van der Waals surface area contributed by atoms with Crippen LogP contribution in [0.15, 0.2) is 30.5 Å². The van der Waals surface area contributed by atoms with E-state index in [1.165, 1.54) is 0 Å². The molecule has 26 heavy (non-hydrogen) atoms. The highest BCUT2D eigenvalue weighted by molar-refractivity contribution is 7.91. The zero-order valence-electron chi connectivity index (χ0n) is 15.6. The Morgan fingerprint density at radius 2 is 1.96 bits per heavy atom. The van der Waals surface area contributed by atoms with Crippen LogP contribution in [0.2, 0.25) is 0 Å². The van der Waals surface area contributed by atoms with Gasteiger partial charge in [-0.1, -0.05) is 39.0 Å². The van der Waals surface area contributed by atoms with Crippen LogP contribution in [0.1, 0.15) is 32.8 Å². The highest BCUT2D eigenvalue weighted by Gasteiger charge is 2.31. The van der Waals surface area contributed by atoms with Crippen LogP contribution in [0.4, 0.5) is 17.5 Å². The van der Waals surface area contributed by atoms with Gasteiger partial charge in [-0.3, -0.25) is 0 Å². The molecule has 7 nitrogen and oxygen atoms in total. The fraction of sp³-hybridized carbons (Fsp3) is 0.500. The largest absolute Gasteiger partial charge is 0.354 e. The molecule has 140 valence electrons. The van der Waals surface area contributed by atoms with Gasteiger partial charge >= 0.3 is 0 Å². The normalized spacial score (nSPS) is 19.3. The molecular formula is C18H25N5O2S. The summed E-state index contributed by atoms with van der Waals surface area (Å²) in [5.74, 6) is 1.39. The van der Waals surface area contributed by atoms with E-state index in [1.807, 2.05) is 30.1 Å². The summed E-state index contributed by atoms with van der Waals surface area (Å²) in [6.07, 6.45) is 2.17. The summed E-state index contributed by atoms with van der Waals surface area (Å²) in [7, 11) is -1.10. The van der Waals surface area contributed by atoms with E-state index in [4.69, 9.17) is 0 Å². The lowest BCUT2D eigenvalue weighted by Gasteiger charge is -2.25. The molecule has 1 atom stereocenters. The summed E-state index contributed by atoms with van der Waals surface area (Å²) in [5.41, 5.74) is 2.07. The van der Waals surface area contributed by atoms with Crippen LogP contribution in [0.5, 0.6) is 0 Å². The molecular weight excluding hydrogens is 350 g/mol. The molecule has 1 aromatic carbocycles. The van der Waals surface area contributed by atoms with Gasteiger partial charge in [0.05, 0.1) is 17.7 Å². The second-order valence-electron chi connectivity index (χ2n) is 7.73. The molecule has 0 saturated carbocycles. The van der Waals surface area contributed by atoms with Crippen molar-refractivity contribution in [2.45, 2.75) is 38.6 Å². The van der Waals surface area contributed by atoms with Crippen molar-refractivity contribution in [1.29, 1.82) is 0 Å². The summed E-state index contributed by atoms with van der Waals surface area (Å²) in [6.45, 7) is 6.45. The number of anilines is 3. The highest BCUT2D eigenvalue weighted by atomic mass is 32.2. The first-order valence-electron chi connectivity index (χ1n) is 8.65. The monoisotopic (exact) mass is 375 g/mol. The maximum Gasteiger partial charge on any atom is 0.249 e. The predicted octanol–water partition coefficient (Wildman–Crippen LogP) is 2.54. The lowest BCUT2D eigenvalue weighted by Crippen LogP contribution is -2.33. The number of sulfone groups is 1. The summed E-state index contributed by atoms with van der Waals surface area (Å²) in [6, 6.07) is 7.96. The van der Waals surface area contributed by atoms with Crippen molar-refractivity contribution < 1.29 is 8.42 Å². The second-order valence-corrected chi connectivity index (χ2v) is 9.96. The Balaban J connectivity index is 1.83. The predicted molar refractivity (Wildman–Crippen MR) is 104 cm³/mol. The number of hydrogen-bond donors (Lipinski definition) is 1. The molecule has 3 rings (SSSR count). The van der Waals surface area contributed by atoms with Crippen molar-refractivity contribution in [1.82, 2.24) is 15.2 Å². The van der Waals surface area contributed by atoms with E-state index in [1.54, 1.807) is 6.20 Å². The van der Waals surface area contributed by atoms with Crippen LogP contribution >= 0.6 is 0 Å². The van der Waals surface area contributed by atoms with Crippen LogP contribution in [-0.4, -0.2) is 48.2 Å². The van der Waals surface area contributed by atoms with Gasteiger partial charge in [0.15, 0.2) is 15.7 Å². The third-order valence-electron chi connectivity index (χ3n) is 4.65. The first-order valence-corrected chi connectivity index (χ1v) is 10.5. The number of benzene rings is 1. The summed E-state index contributed by atoms with van der Waals surface area (Å²) in [5, 5.41) is 11.4. The fourth-order valence-corrected chi connectivity index (χ4v) is 4.93. The minimum absolute atomic E-state index is 0.0242. The maximum absolute atomic E-state index is 11.7. The molecule has 0 aliphatic carbocycles. The van der Waals surface area contributed by atoms with Gasteiger partial charge in [-0.15, -0.1) is 5.10 Å². The molecule has 0 bridgehead atoms. The second kappa shape index (κ2) is 6.83. The molecule has 1 aliphatic rings. The van der Waals surface area contributed by atoms with Crippen LogP contribution in [0.25, 0.3) is 0 Å². The van der Waals surface area contributed by atoms with E-state index in [2.05, 4.69) is 47.3 Å². The molecule has 1 saturated heterocycles. The van der Waals surface area contributed by atoms with Crippen molar-refractivity contribution in [2.75, 3.05) is 28.8 Å². The standard InChI is InChI=1S/C18H25N5O2S/c1-18(2,3)14-7-5-6-8-15(14)20-17-21-16(11-19-22-17)23(4)13-9-10-26(24,25)12-13/h5-8,11,13H,9-10,12H2,1-4H3,(H,20,21,22). The topological polar surface area (TPSA) is 88.1 Å². The smallest absolute Gasteiger partial charge is 0.249 e. The van der Waals surface area contributed by atoms with E-state index in [0.29, 0.717) is 18.2 Å². The molecule has 8 heteroatoms. The van der Waals surface area contributed by atoms with Crippen molar-refractivity contribution in [3.05, 3.63) is 36.0 Å². The Labute approximate surface area is 154 Å². The minimum atomic E-state index is -2.95. The molecule has 2 aromatic rings. The van der Waals surface area contributed by atoms with E-state index in [9.17, 15) is 8.42 Å². The molecule has 2 heterocycles. The Hall–Kier alpha value is -2.22. The van der Waals surface area contributed by atoms with Gasteiger partial charge < -0.3 is 10.2 Å². The molecule has 1 N–H and O–H groups in total. The lowest BCUT2D eigenvalue weighted by atomic mass is 9.86. The van der Waals surface area contributed by atoms with Crippen molar-refractivity contribution in [3.63, 3.8) is 0 Å². The Morgan fingerprint density at radius 3 is 2.62 bits per heavy atom. The first-order chi connectivity index (χ1) is 12.2. The molecule has 1 aliphatic heterocycles. The van der Waals surface area contributed by atoms with Crippen LogP contribution < -0.4 is 10.2 Å². The average Bonchev–Trinajstić information content (AvgIpc) is 2.94. The van der Waals surface area contributed by atoms with Gasteiger partial charge in [0, 0.05) is 18.8 Å². The summed E-state index contributed by atoms with van der Waals surface area (Å²) in [4.78, 5) is 6.40. The quantitative estimate of drug-likeness (QED) is 0.878. The number of aromatic nitrogens is 3. The van der Waals surface area contributed by atoms with E-state index in [0.717, 1.165) is 11.3 Å². The molecule has 0 amide bonds. The Kier molecular flexibility index (Phi) is 4.88. The lowest BCUT2D eigenvalue weighted by molar-refractivity contribution is 0.592. The van der Waals surface area contributed by atoms with Crippen LogP contribution in [0, 0.1) is 0 Å². The molecule has 1 unspecified atom stereocenters. The number of nitrogens with zero attached hydrogens (tertiary/aromatic N) is 4. The summed E-state index contributed by atoms with van der Waals surface area (Å²) >= 11 is 0. The third kappa shape index (κ3) is 4.12. The van der Waals surface area contributed by atoms with Gasteiger partial charge in [-0.2, -0.15) is 10.1 Å². The molecule has 1 aromatic heterocycles. The molecule has 1 fully saturated rings. The minimum Gasteiger partial charge on any atom is -0.354 e. The fourth-order valence-electron chi connectivity index (χ4n) is 3.15. The first kappa shape index (κ1) is 18.6. The van der Waals surface area contributed by atoms with Gasteiger partial charge in [-0.05, 0) is 23.5 Å². The van der Waals surface area contributed by atoms with Gasteiger partial charge in [0.1, 0.15) is 0 Å². The number of hydrogen-bond acceptors (Lipinski definition) is 7. The average molecular weight is 375 g/mol. The van der Waals surface area contributed by atoms with Crippen LogP contribution in [-0.2, 0) is 15.3 Å². The van der Waals surface area contributed by atoms with Crippen molar-refractivity contribution in [3.8, 4) is 0 Å². The van der Waals surface area contributed by atoms with E-state index < -0.39 is 9.84 Å². The third-order valence-corrected chi connectivity index (χ3v) is 6.40. The molecule has 0 spiro atoms. The zero-order chi connectivity index (χ0) is 18.9. The van der Waals surface area contributed by atoms with Crippen molar-refractivity contribution in [2.24, 2.45) is 0 Å². The van der Waals surface area contributed by atoms with Gasteiger partial charge in [0.25, 0.3) is 0 Å². The number of rotatable bonds is 4. The maximum atomic E-state index is 11.7. The zero-order valence-corrected chi connectivity index (χ0v) is 16.4. The van der Waals surface area contributed by atoms with Crippen molar-refractivity contribution >= 4 is 27.3 Å². The van der Waals surface area contributed by atoms with Gasteiger partial charge in [-0.25, -0.2) is 8.42 Å². The summed E-state index contributed by atoms with van der Waals surface area (Å²) < 4.78 is 23.5. The van der Waals surface area contributed by atoms with E-state index in [-0.39, 0.29) is 23.0 Å². The van der Waals surface area contributed by atoms with Crippen LogP contribution in [0.3, 0.4) is 0 Å². The Bertz CT molecular complexity index is 892. The number of nitrogens with one attached hydrogen (secondary N) is 1. The molecule has 0 radical (unpaired) electrons.